The molecule has 5 rings (SSSR count). The van der Waals surface area contributed by atoms with Crippen molar-refractivity contribution >= 4 is 34.7 Å². The van der Waals surface area contributed by atoms with Crippen LogP contribution in [0.25, 0.3) is 0 Å². The number of ketones is 1. The third kappa shape index (κ3) is 3.64. The second-order valence-corrected chi connectivity index (χ2v) is 8.27. The third-order valence-electron chi connectivity index (χ3n) is 5.53. The number of halogens is 2. The minimum absolute atomic E-state index is 0.152. The predicted octanol–water partition coefficient (Wildman–Crippen LogP) is 5.75. The molecular weight excluding hydrogens is 435 g/mol. The van der Waals surface area contributed by atoms with E-state index < -0.39 is 6.23 Å². The lowest BCUT2D eigenvalue weighted by molar-refractivity contribution is -0.00455. The number of hydrazone groups is 1. The first-order valence-corrected chi connectivity index (χ1v) is 10.6. The van der Waals surface area contributed by atoms with E-state index in [1.807, 2.05) is 36.4 Å². The Kier molecular flexibility index (Phi) is 5.08. The Morgan fingerprint density at radius 3 is 2.45 bits per heavy atom. The van der Waals surface area contributed by atoms with Gasteiger partial charge in [-0.2, -0.15) is 5.10 Å². The van der Waals surface area contributed by atoms with Crippen molar-refractivity contribution in [3.63, 3.8) is 0 Å². The maximum absolute atomic E-state index is 13.3. The van der Waals surface area contributed by atoms with Crippen LogP contribution in [0.3, 0.4) is 0 Å². The summed E-state index contributed by atoms with van der Waals surface area (Å²) in [6, 6.07) is 19.8. The molecule has 2 aliphatic heterocycles. The van der Waals surface area contributed by atoms with Gasteiger partial charge in [-0.05, 0) is 72.3 Å². The Balaban J connectivity index is 1.55. The molecule has 3 aromatic carbocycles. The van der Waals surface area contributed by atoms with E-state index in [-0.39, 0.29) is 11.8 Å². The van der Waals surface area contributed by atoms with Crippen LogP contribution in [0, 0.1) is 0 Å². The number of hydrogen-bond donors (Lipinski definition) is 0. The summed E-state index contributed by atoms with van der Waals surface area (Å²) in [5.41, 5.74) is 3.27. The number of carbonyl (C=O) groups is 1. The third-order valence-corrected chi connectivity index (χ3v) is 6.02. The average molecular weight is 453 g/mol. The number of ether oxygens (including phenoxy) is 2. The number of Topliss-reactive ketones (excluding diaryl/α,β-unsaturated/α-hetero) is 1. The molecule has 3 aromatic rings. The molecule has 7 heteroatoms. The van der Waals surface area contributed by atoms with E-state index in [0.717, 1.165) is 22.6 Å². The number of methoxy groups -OCH3 is 1. The molecule has 0 aliphatic carbocycles. The standard InChI is InChI=1S/C24H18Cl2N2O3/c1-30-18-9-4-14(5-10-18)20-13-21-19-12-17(26)8-11-22(19)31-24(28(21)27-20)23(29)15-2-6-16(25)7-3-15/h2-12,21,24H,13H2,1H3/t21-,24-/m0/s1. The molecule has 0 saturated carbocycles. The average Bonchev–Trinajstić information content (AvgIpc) is 3.24. The Hall–Kier alpha value is -3.02. The Morgan fingerprint density at radius 2 is 1.74 bits per heavy atom. The van der Waals surface area contributed by atoms with Crippen molar-refractivity contribution in [3.05, 3.63) is 93.5 Å². The molecule has 0 bridgehead atoms. The van der Waals surface area contributed by atoms with E-state index in [0.29, 0.717) is 27.8 Å². The van der Waals surface area contributed by atoms with Gasteiger partial charge in [0.05, 0.1) is 18.9 Å². The van der Waals surface area contributed by atoms with E-state index in [1.54, 1.807) is 42.5 Å². The van der Waals surface area contributed by atoms with Crippen molar-refractivity contribution in [2.24, 2.45) is 5.10 Å². The van der Waals surface area contributed by atoms with Crippen molar-refractivity contribution in [2.45, 2.75) is 18.7 Å². The maximum Gasteiger partial charge on any atom is 0.251 e. The molecule has 0 spiro atoms. The normalized spacial score (nSPS) is 19.2. The van der Waals surface area contributed by atoms with Gasteiger partial charge in [-0.25, -0.2) is 5.01 Å². The lowest BCUT2D eigenvalue weighted by atomic mass is 9.95. The van der Waals surface area contributed by atoms with Gasteiger partial charge in [0.25, 0.3) is 6.23 Å². The number of rotatable bonds is 4. The smallest absolute Gasteiger partial charge is 0.251 e. The summed E-state index contributed by atoms with van der Waals surface area (Å²) in [6.45, 7) is 0. The van der Waals surface area contributed by atoms with E-state index in [2.05, 4.69) is 0 Å². The SMILES string of the molecule is COc1ccc(C2=NN3[C@H](C(=O)c4ccc(Cl)cc4)Oc4ccc(Cl)cc4[C@@H]3C2)cc1. The van der Waals surface area contributed by atoms with Crippen LogP contribution in [-0.2, 0) is 0 Å². The first-order valence-electron chi connectivity index (χ1n) is 9.79. The van der Waals surface area contributed by atoms with E-state index >= 15 is 0 Å². The summed E-state index contributed by atoms with van der Waals surface area (Å²) < 4.78 is 11.4. The zero-order valence-electron chi connectivity index (χ0n) is 16.6. The summed E-state index contributed by atoms with van der Waals surface area (Å²) >= 11 is 12.2. The van der Waals surface area contributed by atoms with Gasteiger partial charge in [0.2, 0.25) is 5.78 Å². The van der Waals surface area contributed by atoms with Gasteiger partial charge >= 0.3 is 0 Å². The predicted molar refractivity (Wildman–Crippen MR) is 120 cm³/mol. The van der Waals surface area contributed by atoms with Crippen LogP contribution in [0.1, 0.15) is 33.9 Å². The van der Waals surface area contributed by atoms with Gasteiger partial charge in [0.1, 0.15) is 11.5 Å². The van der Waals surface area contributed by atoms with Crippen LogP contribution in [0.2, 0.25) is 10.0 Å². The molecule has 5 nitrogen and oxygen atoms in total. The highest BCUT2D eigenvalue weighted by Gasteiger charge is 2.43. The van der Waals surface area contributed by atoms with Crippen LogP contribution in [0.5, 0.6) is 11.5 Å². The van der Waals surface area contributed by atoms with E-state index in [9.17, 15) is 4.79 Å². The van der Waals surface area contributed by atoms with E-state index in [4.69, 9.17) is 37.8 Å². The lowest BCUT2D eigenvalue weighted by Crippen LogP contribution is -2.45. The minimum atomic E-state index is -0.879. The van der Waals surface area contributed by atoms with Crippen LogP contribution < -0.4 is 9.47 Å². The van der Waals surface area contributed by atoms with Gasteiger partial charge in [-0.1, -0.05) is 23.2 Å². The van der Waals surface area contributed by atoms with Gasteiger partial charge in [0.15, 0.2) is 0 Å². The summed E-state index contributed by atoms with van der Waals surface area (Å²) in [4.78, 5) is 13.3. The summed E-state index contributed by atoms with van der Waals surface area (Å²) in [7, 11) is 1.63. The zero-order valence-corrected chi connectivity index (χ0v) is 18.1. The fourth-order valence-corrected chi connectivity index (χ4v) is 4.25. The molecule has 2 atom stereocenters. The largest absolute Gasteiger partial charge is 0.497 e. The van der Waals surface area contributed by atoms with Crippen molar-refractivity contribution in [2.75, 3.05) is 7.11 Å². The molecule has 0 aromatic heterocycles. The second-order valence-electron chi connectivity index (χ2n) is 7.40. The van der Waals surface area contributed by atoms with Crippen molar-refractivity contribution in [1.29, 1.82) is 0 Å². The number of carbonyl (C=O) groups excluding carboxylic acids is 1. The summed E-state index contributed by atoms with van der Waals surface area (Å²) in [5, 5.41) is 7.73. The minimum Gasteiger partial charge on any atom is -0.497 e. The van der Waals surface area contributed by atoms with E-state index in [1.165, 1.54) is 0 Å². The van der Waals surface area contributed by atoms with Gasteiger partial charge in [-0.15, -0.1) is 0 Å². The van der Waals surface area contributed by atoms with Crippen LogP contribution >= 0.6 is 23.2 Å². The van der Waals surface area contributed by atoms with Crippen LogP contribution in [0.4, 0.5) is 0 Å². The number of fused-ring (bicyclic) bond motifs is 3. The highest BCUT2D eigenvalue weighted by Crippen LogP contribution is 2.44. The maximum atomic E-state index is 13.3. The molecule has 0 amide bonds. The topological polar surface area (TPSA) is 51.1 Å². The van der Waals surface area contributed by atoms with Crippen LogP contribution in [-0.4, -0.2) is 29.8 Å². The second kappa shape index (κ2) is 7.91. The molecule has 2 heterocycles. The number of nitrogens with zero attached hydrogens (tertiary/aromatic N) is 2. The van der Waals surface area contributed by atoms with Crippen molar-refractivity contribution < 1.29 is 14.3 Å². The Labute approximate surface area is 189 Å². The molecule has 31 heavy (non-hydrogen) atoms. The Bertz CT molecular complexity index is 1180. The molecule has 156 valence electrons. The number of hydrogen-bond acceptors (Lipinski definition) is 5. The highest BCUT2D eigenvalue weighted by molar-refractivity contribution is 6.31. The van der Waals surface area contributed by atoms with Gasteiger partial charge < -0.3 is 9.47 Å². The zero-order chi connectivity index (χ0) is 21.5. The number of benzene rings is 3. The monoisotopic (exact) mass is 452 g/mol. The summed E-state index contributed by atoms with van der Waals surface area (Å²) in [6.07, 6.45) is -0.247. The quantitative estimate of drug-likeness (QED) is 0.472. The molecule has 0 saturated heterocycles. The molecular formula is C24H18Cl2N2O3. The molecule has 0 unspecified atom stereocenters. The Morgan fingerprint density at radius 1 is 1.03 bits per heavy atom. The summed E-state index contributed by atoms with van der Waals surface area (Å²) in [5.74, 6) is 1.24. The lowest BCUT2D eigenvalue weighted by Gasteiger charge is -2.37. The van der Waals surface area contributed by atoms with Crippen molar-refractivity contribution in [1.82, 2.24) is 5.01 Å². The molecule has 2 aliphatic rings. The fraction of sp³-hybridized carbons (Fsp3) is 0.167. The van der Waals surface area contributed by atoms with Gasteiger partial charge in [-0.3, -0.25) is 4.79 Å². The first kappa shape index (κ1) is 19.9. The highest BCUT2D eigenvalue weighted by atomic mass is 35.5. The van der Waals surface area contributed by atoms with Crippen molar-refractivity contribution in [3.8, 4) is 11.5 Å². The molecule has 0 fully saturated rings. The molecule has 0 radical (unpaired) electrons. The first-order chi connectivity index (χ1) is 15.0. The molecule has 0 N–H and O–H groups in total. The van der Waals surface area contributed by atoms with Gasteiger partial charge in [0, 0.05) is 27.6 Å². The fourth-order valence-electron chi connectivity index (χ4n) is 3.95. The van der Waals surface area contributed by atoms with Crippen LogP contribution in [0.15, 0.2) is 71.8 Å².